The molecular formula is C60H38N8. The van der Waals surface area contributed by atoms with Crippen LogP contribution in [0.1, 0.15) is 0 Å². The number of aromatic nitrogens is 8. The fourth-order valence-corrected chi connectivity index (χ4v) is 9.57. The molecule has 318 valence electrons. The Bertz CT molecular complexity index is 3640. The summed E-state index contributed by atoms with van der Waals surface area (Å²) in [5, 5.41) is 4.43. The first kappa shape index (κ1) is 39.0. The van der Waals surface area contributed by atoms with Gasteiger partial charge in [-0.05, 0) is 29.3 Å². The number of benzene rings is 9. The zero-order valence-corrected chi connectivity index (χ0v) is 36.5. The third-order valence-corrected chi connectivity index (χ3v) is 12.6. The second-order valence-electron chi connectivity index (χ2n) is 16.7. The van der Waals surface area contributed by atoms with E-state index in [-0.39, 0.29) is 0 Å². The van der Waals surface area contributed by atoms with Gasteiger partial charge >= 0.3 is 0 Å². The second kappa shape index (κ2) is 16.2. The zero-order valence-electron chi connectivity index (χ0n) is 36.5. The van der Waals surface area contributed by atoms with Crippen LogP contribution in [0.5, 0.6) is 0 Å². The molecule has 0 spiro atoms. The highest BCUT2D eigenvalue weighted by atomic mass is 15.2. The average molecular weight is 871 g/mol. The lowest BCUT2D eigenvalue weighted by Crippen LogP contribution is -2.07. The molecule has 68 heavy (non-hydrogen) atoms. The predicted octanol–water partition coefficient (Wildman–Crippen LogP) is 14.3. The van der Waals surface area contributed by atoms with E-state index >= 15 is 0 Å². The lowest BCUT2D eigenvalue weighted by atomic mass is 9.96. The first-order valence-corrected chi connectivity index (χ1v) is 22.6. The molecule has 4 aromatic heterocycles. The van der Waals surface area contributed by atoms with Crippen LogP contribution in [0, 0.1) is 0 Å². The maximum atomic E-state index is 5.24. The molecule has 4 heterocycles. The van der Waals surface area contributed by atoms with Gasteiger partial charge in [0.25, 0.3) is 0 Å². The van der Waals surface area contributed by atoms with Gasteiger partial charge in [0.15, 0.2) is 23.3 Å². The second-order valence-corrected chi connectivity index (χ2v) is 16.7. The van der Waals surface area contributed by atoms with Crippen LogP contribution in [0.4, 0.5) is 0 Å². The lowest BCUT2D eigenvalue weighted by molar-refractivity contribution is 0.953. The molecule has 0 atom stereocenters. The third-order valence-electron chi connectivity index (χ3n) is 12.6. The van der Waals surface area contributed by atoms with Gasteiger partial charge in [-0.15, -0.1) is 0 Å². The van der Waals surface area contributed by atoms with Crippen molar-refractivity contribution in [2.75, 3.05) is 0 Å². The highest BCUT2D eigenvalue weighted by molar-refractivity contribution is 6.15. The van der Waals surface area contributed by atoms with Crippen molar-refractivity contribution in [3.05, 3.63) is 231 Å². The van der Waals surface area contributed by atoms with Gasteiger partial charge in [-0.25, -0.2) is 9.97 Å². The van der Waals surface area contributed by atoms with Crippen LogP contribution < -0.4 is 0 Å². The van der Waals surface area contributed by atoms with Gasteiger partial charge in [-0.1, -0.05) is 212 Å². The number of para-hydroxylation sites is 4. The van der Waals surface area contributed by atoms with E-state index in [1.165, 1.54) is 0 Å². The summed E-state index contributed by atoms with van der Waals surface area (Å²) in [5.41, 5.74) is 11.9. The molecule has 8 nitrogen and oxygen atoms in total. The summed E-state index contributed by atoms with van der Waals surface area (Å²) in [6, 6.07) is 79.4. The number of rotatable bonds is 8. The molecule has 9 aromatic carbocycles. The van der Waals surface area contributed by atoms with E-state index in [1.54, 1.807) is 0 Å². The molecule has 0 aliphatic carbocycles. The van der Waals surface area contributed by atoms with Crippen LogP contribution in [0.3, 0.4) is 0 Å². The number of fused-ring (bicyclic) bond motifs is 6. The van der Waals surface area contributed by atoms with Crippen molar-refractivity contribution in [2.45, 2.75) is 0 Å². The Kier molecular flexibility index (Phi) is 9.31. The Labute approximate surface area is 391 Å². The molecule has 0 bridgehead atoms. The van der Waals surface area contributed by atoms with Gasteiger partial charge < -0.3 is 0 Å². The summed E-state index contributed by atoms with van der Waals surface area (Å²) in [6.45, 7) is 0. The maximum absolute atomic E-state index is 5.24. The monoisotopic (exact) mass is 870 g/mol. The molecule has 13 rings (SSSR count). The molecule has 0 saturated carbocycles. The minimum Gasteiger partial charge on any atom is -0.277 e. The Morgan fingerprint density at radius 1 is 0.235 bits per heavy atom. The molecule has 0 unspecified atom stereocenters. The molecule has 8 heteroatoms. The van der Waals surface area contributed by atoms with Crippen LogP contribution in [-0.2, 0) is 0 Å². The number of hydrogen-bond donors (Lipinski definition) is 0. The highest BCUT2D eigenvalue weighted by Gasteiger charge is 2.23. The van der Waals surface area contributed by atoms with Crippen molar-refractivity contribution in [2.24, 2.45) is 0 Å². The molecule has 0 saturated heterocycles. The van der Waals surface area contributed by atoms with Crippen molar-refractivity contribution in [3.8, 4) is 79.7 Å². The van der Waals surface area contributed by atoms with E-state index in [1.807, 2.05) is 121 Å². The quantitative estimate of drug-likeness (QED) is 0.151. The Balaban J connectivity index is 1.04. The van der Waals surface area contributed by atoms with E-state index in [9.17, 15) is 0 Å². The standard InChI is InChI=1S/C60H38N8/c1-5-20-39(21-6-1)55-61-56(40-22-7-2-8-23-40)64-59(63-55)67-51-36-15-13-30-47(51)49-34-18-32-45(53(49)67)43-28-17-29-44(38-43)46-33-19-35-50-48-31-14-16-37-52(48)68(54(46)50)60-65-57(41-24-9-3-10-25-41)62-58(66-60)42-26-11-4-12-27-42/h1-38H. The van der Waals surface area contributed by atoms with Crippen molar-refractivity contribution < 1.29 is 0 Å². The summed E-state index contributed by atoms with van der Waals surface area (Å²) in [4.78, 5) is 31.0. The summed E-state index contributed by atoms with van der Waals surface area (Å²) in [7, 11) is 0. The van der Waals surface area contributed by atoms with Crippen molar-refractivity contribution in [1.82, 2.24) is 39.0 Å². The van der Waals surface area contributed by atoms with Gasteiger partial charge in [0.1, 0.15) is 0 Å². The largest absolute Gasteiger partial charge is 0.277 e. The Morgan fingerprint density at radius 2 is 0.529 bits per heavy atom. The molecule has 0 amide bonds. The topological polar surface area (TPSA) is 87.2 Å². The molecule has 0 aliphatic rings. The van der Waals surface area contributed by atoms with Crippen LogP contribution in [0.2, 0.25) is 0 Å². The lowest BCUT2D eigenvalue weighted by Gasteiger charge is -2.14. The van der Waals surface area contributed by atoms with Gasteiger partial charge in [-0.2, -0.15) is 19.9 Å². The van der Waals surface area contributed by atoms with E-state index in [0.717, 1.165) is 88.1 Å². The zero-order chi connectivity index (χ0) is 45.0. The molecule has 0 fully saturated rings. The molecular weight excluding hydrogens is 833 g/mol. The van der Waals surface area contributed by atoms with Crippen LogP contribution in [0.15, 0.2) is 231 Å². The first-order chi connectivity index (χ1) is 33.7. The maximum Gasteiger partial charge on any atom is 0.238 e. The predicted molar refractivity (Wildman–Crippen MR) is 275 cm³/mol. The fraction of sp³-hybridized carbons (Fsp3) is 0. The summed E-state index contributed by atoms with van der Waals surface area (Å²) >= 11 is 0. The summed E-state index contributed by atoms with van der Waals surface area (Å²) < 4.78 is 4.42. The van der Waals surface area contributed by atoms with E-state index in [4.69, 9.17) is 29.9 Å². The van der Waals surface area contributed by atoms with E-state index in [0.29, 0.717) is 35.2 Å². The van der Waals surface area contributed by atoms with Gasteiger partial charge in [0, 0.05) is 54.9 Å². The first-order valence-electron chi connectivity index (χ1n) is 22.6. The molecule has 13 aromatic rings. The highest BCUT2D eigenvalue weighted by Crippen LogP contribution is 2.42. The molecule has 0 N–H and O–H groups in total. The summed E-state index contributed by atoms with van der Waals surface area (Å²) in [5.74, 6) is 3.51. The normalized spacial score (nSPS) is 11.5. The van der Waals surface area contributed by atoms with Crippen LogP contribution in [0.25, 0.3) is 123 Å². The average Bonchev–Trinajstić information content (AvgIpc) is 3.95. The van der Waals surface area contributed by atoms with Crippen molar-refractivity contribution >= 4 is 43.6 Å². The summed E-state index contributed by atoms with van der Waals surface area (Å²) in [6.07, 6.45) is 0. The Morgan fingerprint density at radius 3 is 0.897 bits per heavy atom. The van der Waals surface area contributed by atoms with E-state index < -0.39 is 0 Å². The smallest absolute Gasteiger partial charge is 0.238 e. The van der Waals surface area contributed by atoms with Gasteiger partial charge in [-0.3, -0.25) is 9.13 Å². The third kappa shape index (κ3) is 6.62. The molecule has 0 radical (unpaired) electrons. The number of hydrogen-bond acceptors (Lipinski definition) is 6. The minimum absolute atomic E-state index is 0.545. The van der Waals surface area contributed by atoms with Crippen molar-refractivity contribution in [1.29, 1.82) is 0 Å². The van der Waals surface area contributed by atoms with Crippen LogP contribution >= 0.6 is 0 Å². The van der Waals surface area contributed by atoms with Crippen LogP contribution in [-0.4, -0.2) is 39.0 Å². The van der Waals surface area contributed by atoms with Crippen molar-refractivity contribution in [3.63, 3.8) is 0 Å². The molecule has 0 aliphatic heterocycles. The minimum atomic E-state index is 0.545. The van der Waals surface area contributed by atoms with Gasteiger partial charge in [0.2, 0.25) is 11.9 Å². The number of nitrogens with zero attached hydrogens (tertiary/aromatic N) is 8. The Hall–Kier alpha value is -9.40. The fourth-order valence-electron chi connectivity index (χ4n) is 9.57. The SMILES string of the molecule is c1ccc(-c2nc(-c3ccccc3)nc(-n3c4ccccc4c4cccc(-c5cccc(-c6cccc7c8ccccc8n(-c8nc(-c9ccccc9)nc(-c9ccccc9)n8)c67)c5)c43)n2)cc1. The van der Waals surface area contributed by atoms with Gasteiger partial charge in [0.05, 0.1) is 22.1 Å². The van der Waals surface area contributed by atoms with E-state index in [2.05, 4.69) is 118 Å².